The van der Waals surface area contributed by atoms with Crippen LogP contribution in [0.5, 0.6) is 0 Å². The van der Waals surface area contributed by atoms with Crippen LogP contribution in [0, 0.1) is 11.8 Å². The summed E-state index contributed by atoms with van der Waals surface area (Å²) in [6, 6.07) is 8.30. The second kappa shape index (κ2) is 18.3. The number of hydrogen-bond donors (Lipinski definition) is 0. The van der Waals surface area contributed by atoms with E-state index >= 15 is 0 Å². The van der Waals surface area contributed by atoms with Gasteiger partial charge in [-0.2, -0.15) is 13.2 Å². The van der Waals surface area contributed by atoms with Gasteiger partial charge in [-0.05, 0) is 68.7 Å². The van der Waals surface area contributed by atoms with E-state index in [1.54, 1.807) is 4.90 Å². The Balaban J connectivity index is 0.000000244. The van der Waals surface area contributed by atoms with E-state index in [-0.39, 0.29) is 6.61 Å². The molecule has 12 heteroatoms. The highest BCUT2D eigenvalue weighted by Crippen LogP contribution is 2.29. The van der Waals surface area contributed by atoms with Crippen molar-refractivity contribution in [3.05, 3.63) is 57.7 Å². The first-order valence-electron chi connectivity index (χ1n) is 15.1. The van der Waals surface area contributed by atoms with Gasteiger partial charge in [0.05, 0.1) is 15.6 Å². The van der Waals surface area contributed by atoms with Gasteiger partial charge in [-0.25, -0.2) is 9.78 Å². The number of alkyl halides is 3. The predicted octanol–water partition coefficient (Wildman–Crippen LogP) is 6.73. The fourth-order valence-electron chi connectivity index (χ4n) is 4.92. The van der Waals surface area contributed by atoms with Crippen LogP contribution >= 0.6 is 23.2 Å². The van der Waals surface area contributed by atoms with Crippen LogP contribution in [0.1, 0.15) is 44.2 Å². The van der Waals surface area contributed by atoms with Crippen molar-refractivity contribution in [2.75, 3.05) is 77.0 Å². The van der Waals surface area contributed by atoms with Crippen LogP contribution in [0.25, 0.3) is 0 Å². The Morgan fingerprint density at radius 1 is 0.977 bits per heavy atom. The second-order valence-corrected chi connectivity index (χ2v) is 11.4. The minimum absolute atomic E-state index is 0.0628. The van der Waals surface area contributed by atoms with Crippen LogP contribution in [0.15, 0.2) is 36.5 Å². The molecule has 2 aliphatic rings. The minimum atomic E-state index is -4.39. The number of rotatable bonds is 9. The van der Waals surface area contributed by atoms with Gasteiger partial charge in [-0.3, -0.25) is 0 Å². The lowest BCUT2D eigenvalue weighted by atomic mass is 10.1. The van der Waals surface area contributed by atoms with Gasteiger partial charge < -0.3 is 24.3 Å². The van der Waals surface area contributed by atoms with Crippen molar-refractivity contribution in [3.63, 3.8) is 0 Å². The number of nitrogens with zero attached hydrogens (tertiary/aromatic N) is 5. The molecule has 1 aromatic heterocycles. The summed E-state index contributed by atoms with van der Waals surface area (Å²) in [6.45, 7) is 13.1. The van der Waals surface area contributed by atoms with E-state index in [0.29, 0.717) is 48.5 Å². The van der Waals surface area contributed by atoms with Gasteiger partial charge in [0, 0.05) is 58.4 Å². The molecule has 4 rings (SSSR count). The second-order valence-electron chi connectivity index (χ2n) is 10.6. The Labute approximate surface area is 269 Å². The zero-order chi connectivity index (χ0) is 32.0. The summed E-state index contributed by atoms with van der Waals surface area (Å²) in [7, 11) is 0. The first-order chi connectivity index (χ1) is 21.1. The van der Waals surface area contributed by atoms with Gasteiger partial charge in [0.2, 0.25) is 0 Å². The number of amides is 1. The highest BCUT2D eigenvalue weighted by molar-refractivity contribution is 6.42. The molecule has 0 spiro atoms. The number of carbonyl (C=O) groups is 1. The van der Waals surface area contributed by atoms with Crippen LogP contribution in [-0.2, 0) is 17.3 Å². The van der Waals surface area contributed by atoms with E-state index in [1.807, 2.05) is 24.0 Å². The Bertz CT molecular complexity index is 1220. The maximum Gasteiger partial charge on any atom is 0.417 e. The van der Waals surface area contributed by atoms with Crippen molar-refractivity contribution in [3.8, 4) is 11.8 Å². The summed E-state index contributed by atoms with van der Waals surface area (Å²) in [6.07, 6.45) is 0.476. The average molecular weight is 657 g/mol. The highest BCUT2D eigenvalue weighted by atomic mass is 35.5. The Morgan fingerprint density at radius 2 is 1.70 bits per heavy atom. The quantitative estimate of drug-likeness (QED) is 0.280. The topological polar surface area (TPSA) is 52.2 Å². The zero-order valence-electron chi connectivity index (χ0n) is 25.5. The Morgan fingerprint density at radius 3 is 2.30 bits per heavy atom. The summed E-state index contributed by atoms with van der Waals surface area (Å²) >= 11 is 12.0. The summed E-state index contributed by atoms with van der Waals surface area (Å²) in [5.41, 5.74) is 0.487. The standard InChI is InChI=1S/C16H24Cl2N2.C16H18F3N3O2/c1-2-19(11-12-20-8-3-4-9-20)10-7-14-5-6-15(17)16(18)13-14;1-2-3-4-11-24-15(23)22-9-7-21(8-10-22)14-6-5-13(12-20-14)16(17,18)19/h5-6,13H,2-4,7-12H2,1H3;5-6,12H,2,7-11H2,1H3. The van der Waals surface area contributed by atoms with Crippen LogP contribution < -0.4 is 4.90 Å². The predicted molar refractivity (Wildman–Crippen MR) is 170 cm³/mol. The number of halogens is 5. The van der Waals surface area contributed by atoms with E-state index in [1.165, 1.54) is 44.1 Å². The van der Waals surface area contributed by atoms with Gasteiger partial charge >= 0.3 is 12.3 Å². The number of ether oxygens (including phenoxy) is 1. The molecule has 0 radical (unpaired) electrons. The summed E-state index contributed by atoms with van der Waals surface area (Å²) < 4.78 is 42.6. The fraction of sp³-hybridized carbons (Fsp3) is 0.562. The van der Waals surface area contributed by atoms with E-state index in [2.05, 4.69) is 39.6 Å². The van der Waals surface area contributed by atoms with Crippen LogP contribution in [-0.4, -0.2) is 97.8 Å². The summed E-state index contributed by atoms with van der Waals surface area (Å²) in [4.78, 5) is 24.2. The largest absolute Gasteiger partial charge is 0.436 e. The third-order valence-electron chi connectivity index (χ3n) is 7.59. The number of aromatic nitrogens is 1. The molecule has 0 unspecified atom stereocenters. The molecule has 242 valence electrons. The number of hydrogen-bond acceptors (Lipinski definition) is 6. The lowest BCUT2D eigenvalue weighted by Gasteiger charge is -2.34. The van der Waals surface area contributed by atoms with Crippen molar-refractivity contribution in [2.24, 2.45) is 0 Å². The molecular weight excluding hydrogens is 614 g/mol. The molecule has 44 heavy (non-hydrogen) atoms. The van der Waals surface area contributed by atoms with Crippen LogP contribution in [0.2, 0.25) is 10.0 Å². The lowest BCUT2D eigenvalue weighted by Crippen LogP contribution is -2.49. The van der Waals surface area contributed by atoms with Gasteiger partial charge in [-0.1, -0.05) is 49.0 Å². The molecule has 0 aliphatic carbocycles. The maximum atomic E-state index is 12.5. The first kappa shape index (κ1) is 35.8. The van der Waals surface area contributed by atoms with Crippen LogP contribution in [0.4, 0.5) is 23.8 Å². The van der Waals surface area contributed by atoms with Crippen molar-refractivity contribution in [2.45, 2.75) is 45.7 Å². The maximum absolute atomic E-state index is 12.5. The molecule has 2 aromatic rings. The monoisotopic (exact) mass is 655 g/mol. The number of benzene rings is 1. The number of likely N-dealkylation sites (N-methyl/N-ethyl adjacent to an activating group) is 1. The molecule has 0 bridgehead atoms. The molecule has 1 aromatic carbocycles. The van der Waals surface area contributed by atoms with Crippen molar-refractivity contribution in [1.29, 1.82) is 0 Å². The molecule has 2 aliphatic heterocycles. The van der Waals surface area contributed by atoms with E-state index < -0.39 is 17.8 Å². The highest BCUT2D eigenvalue weighted by Gasteiger charge is 2.31. The number of anilines is 1. The smallest absolute Gasteiger partial charge is 0.417 e. The van der Waals surface area contributed by atoms with E-state index in [9.17, 15) is 18.0 Å². The number of likely N-dealkylation sites (tertiary alicyclic amines) is 1. The van der Waals surface area contributed by atoms with E-state index in [0.717, 1.165) is 38.3 Å². The van der Waals surface area contributed by atoms with Gasteiger partial charge in [0.1, 0.15) is 5.82 Å². The molecular formula is C32H42Cl2F3N5O2. The summed E-state index contributed by atoms with van der Waals surface area (Å²) in [5, 5.41) is 1.29. The summed E-state index contributed by atoms with van der Waals surface area (Å²) in [5.74, 6) is 6.00. The number of pyridine rings is 1. The Kier molecular flexibility index (Phi) is 14.9. The van der Waals surface area contributed by atoms with Crippen LogP contribution in [0.3, 0.4) is 0 Å². The molecule has 2 fully saturated rings. The van der Waals surface area contributed by atoms with Gasteiger partial charge in [-0.15, -0.1) is 5.92 Å². The van der Waals surface area contributed by atoms with Gasteiger partial charge in [0.15, 0.2) is 6.61 Å². The molecule has 1 amide bonds. The fourth-order valence-corrected chi connectivity index (χ4v) is 5.24. The van der Waals surface area contributed by atoms with Crippen molar-refractivity contribution in [1.82, 2.24) is 19.7 Å². The number of piperazine rings is 1. The third-order valence-corrected chi connectivity index (χ3v) is 8.32. The van der Waals surface area contributed by atoms with Crippen molar-refractivity contribution >= 4 is 35.1 Å². The molecule has 3 heterocycles. The first-order valence-corrected chi connectivity index (χ1v) is 15.9. The molecule has 0 saturated carbocycles. The molecule has 0 atom stereocenters. The van der Waals surface area contributed by atoms with Crippen molar-refractivity contribution < 1.29 is 22.7 Å². The number of carbonyl (C=O) groups excluding carboxylic acids is 1. The normalized spacial score (nSPS) is 15.5. The zero-order valence-corrected chi connectivity index (χ0v) is 27.0. The minimum Gasteiger partial charge on any atom is -0.436 e. The van der Waals surface area contributed by atoms with E-state index in [4.69, 9.17) is 27.9 Å². The Hall–Kier alpha value is -2.71. The molecule has 0 N–H and O–H groups in total. The van der Waals surface area contributed by atoms with Gasteiger partial charge in [0.25, 0.3) is 0 Å². The lowest BCUT2D eigenvalue weighted by molar-refractivity contribution is -0.137. The average Bonchev–Trinajstić information content (AvgIpc) is 3.55. The third kappa shape index (κ3) is 12.0. The SMILES string of the molecule is CCC#CCOC(=O)N1CCN(c2ccc(C(F)(F)F)cn2)CC1.CCN(CCc1ccc(Cl)c(Cl)c1)CCN1CCCC1. The molecule has 2 saturated heterocycles. The molecule has 7 nitrogen and oxygen atoms in total.